The third kappa shape index (κ3) is 3.86. The second-order valence-corrected chi connectivity index (χ2v) is 5.98. The van der Waals surface area contributed by atoms with Gasteiger partial charge in [0.25, 0.3) is 0 Å². The Hall–Kier alpha value is -0.790. The molecular weight excluding hydrogens is 210 g/mol. The first-order chi connectivity index (χ1) is 8.14. The molecule has 1 N–H and O–H groups in total. The van der Waals surface area contributed by atoms with Crippen LogP contribution in [0.25, 0.3) is 0 Å². The molecule has 2 fully saturated rings. The predicted molar refractivity (Wildman–Crippen MR) is 70.7 cm³/mol. The van der Waals surface area contributed by atoms with Crippen LogP contribution >= 0.6 is 0 Å². The maximum absolute atomic E-state index is 11.9. The molecule has 96 valence electrons. The highest BCUT2D eigenvalue weighted by Crippen LogP contribution is 2.42. The van der Waals surface area contributed by atoms with Crippen molar-refractivity contribution in [2.24, 2.45) is 11.8 Å². The Morgan fingerprint density at radius 1 is 1.41 bits per heavy atom. The van der Waals surface area contributed by atoms with E-state index >= 15 is 0 Å². The van der Waals surface area contributed by atoms with Gasteiger partial charge in [0.15, 0.2) is 0 Å². The molecule has 1 amide bonds. The SMILES string of the molecule is CCCCC/C=C\[C@@H]1C[C@@H]1C(=O)NC1(C)CC1. The van der Waals surface area contributed by atoms with Crippen LogP contribution in [0, 0.1) is 11.8 Å². The van der Waals surface area contributed by atoms with E-state index in [9.17, 15) is 4.79 Å². The lowest BCUT2D eigenvalue weighted by molar-refractivity contribution is -0.123. The highest BCUT2D eigenvalue weighted by Gasteiger charge is 2.46. The van der Waals surface area contributed by atoms with Crippen molar-refractivity contribution >= 4 is 5.91 Å². The van der Waals surface area contributed by atoms with Gasteiger partial charge in [-0.3, -0.25) is 4.79 Å². The number of amides is 1. The molecule has 0 unspecified atom stereocenters. The lowest BCUT2D eigenvalue weighted by atomic mass is 10.2. The third-order valence-corrected chi connectivity index (χ3v) is 3.96. The highest BCUT2D eigenvalue weighted by atomic mass is 16.2. The quantitative estimate of drug-likeness (QED) is 0.531. The maximum Gasteiger partial charge on any atom is 0.224 e. The smallest absolute Gasteiger partial charge is 0.224 e. The zero-order valence-electron chi connectivity index (χ0n) is 11.2. The summed E-state index contributed by atoms with van der Waals surface area (Å²) in [5.41, 5.74) is 0.148. The highest BCUT2D eigenvalue weighted by molar-refractivity contribution is 5.83. The fourth-order valence-electron chi connectivity index (χ4n) is 2.21. The number of allylic oxidation sites excluding steroid dienone is 2. The van der Waals surface area contributed by atoms with Gasteiger partial charge in [-0.15, -0.1) is 0 Å². The second kappa shape index (κ2) is 5.24. The molecule has 0 bridgehead atoms. The number of rotatable bonds is 7. The van der Waals surface area contributed by atoms with Gasteiger partial charge in [0, 0.05) is 11.5 Å². The minimum atomic E-state index is 0.148. The Labute approximate surface area is 105 Å². The molecule has 0 aromatic heterocycles. The van der Waals surface area contributed by atoms with Gasteiger partial charge in [0.2, 0.25) is 5.91 Å². The Morgan fingerprint density at radius 2 is 2.18 bits per heavy atom. The summed E-state index contributed by atoms with van der Waals surface area (Å²) in [5, 5.41) is 3.16. The molecule has 2 aliphatic rings. The van der Waals surface area contributed by atoms with Crippen molar-refractivity contribution in [2.75, 3.05) is 0 Å². The maximum atomic E-state index is 11.9. The van der Waals surface area contributed by atoms with E-state index in [1.165, 1.54) is 25.7 Å². The minimum Gasteiger partial charge on any atom is -0.351 e. The van der Waals surface area contributed by atoms with Crippen molar-refractivity contribution in [1.29, 1.82) is 0 Å². The Bertz CT molecular complexity index is 304. The number of carbonyl (C=O) groups excluding carboxylic acids is 1. The van der Waals surface area contributed by atoms with Crippen LogP contribution in [-0.4, -0.2) is 11.4 Å². The fourth-order valence-corrected chi connectivity index (χ4v) is 2.21. The molecule has 17 heavy (non-hydrogen) atoms. The summed E-state index contributed by atoms with van der Waals surface area (Å²) in [4.78, 5) is 11.9. The lowest BCUT2D eigenvalue weighted by Crippen LogP contribution is -2.35. The molecule has 0 heterocycles. The van der Waals surface area contributed by atoms with Gasteiger partial charge in [0.05, 0.1) is 0 Å². The summed E-state index contributed by atoms with van der Waals surface area (Å²) in [6.45, 7) is 4.37. The van der Waals surface area contributed by atoms with E-state index in [0.29, 0.717) is 5.92 Å². The molecular formula is C15H25NO. The van der Waals surface area contributed by atoms with Gasteiger partial charge in [-0.05, 0) is 44.9 Å². The van der Waals surface area contributed by atoms with Crippen LogP contribution < -0.4 is 5.32 Å². The number of unbranched alkanes of at least 4 members (excludes halogenated alkanes) is 3. The van der Waals surface area contributed by atoms with E-state index in [2.05, 4.69) is 31.3 Å². The van der Waals surface area contributed by atoms with Crippen molar-refractivity contribution in [3.63, 3.8) is 0 Å². The van der Waals surface area contributed by atoms with E-state index < -0.39 is 0 Å². The summed E-state index contributed by atoms with van der Waals surface area (Å²) in [5.74, 6) is 1.09. The van der Waals surface area contributed by atoms with Gasteiger partial charge in [-0.2, -0.15) is 0 Å². The normalized spacial score (nSPS) is 29.3. The number of carbonyl (C=O) groups is 1. The molecule has 2 nitrogen and oxygen atoms in total. The zero-order valence-corrected chi connectivity index (χ0v) is 11.2. The summed E-state index contributed by atoms with van der Waals surface area (Å²) >= 11 is 0. The van der Waals surface area contributed by atoms with Gasteiger partial charge >= 0.3 is 0 Å². The van der Waals surface area contributed by atoms with E-state index in [0.717, 1.165) is 19.3 Å². The first-order valence-electron chi connectivity index (χ1n) is 7.13. The Balaban J connectivity index is 1.61. The van der Waals surface area contributed by atoms with E-state index in [1.807, 2.05) is 0 Å². The van der Waals surface area contributed by atoms with Crippen LogP contribution in [0.3, 0.4) is 0 Å². The average Bonchev–Trinajstić information content (AvgIpc) is 3.17. The van der Waals surface area contributed by atoms with Crippen LogP contribution in [-0.2, 0) is 4.79 Å². The summed E-state index contributed by atoms with van der Waals surface area (Å²) in [7, 11) is 0. The molecule has 0 aromatic carbocycles. The molecule has 2 rings (SSSR count). The first-order valence-corrected chi connectivity index (χ1v) is 7.13. The van der Waals surface area contributed by atoms with E-state index in [-0.39, 0.29) is 17.4 Å². The van der Waals surface area contributed by atoms with Crippen molar-refractivity contribution < 1.29 is 4.79 Å². The van der Waals surface area contributed by atoms with Crippen molar-refractivity contribution in [3.05, 3.63) is 12.2 Å². The average molecular weight is 235 g/mol. The number of hydrogen-bond acceptors (Lipinski definition) is 1. The second-order valence-electron chi connectivity index (χ2n) is 5.98. The van der Waals surface area contributed by atoms with Crippen molar-refractivity contribution in [3.8, 4) is 0 Å². The van der Waals surface area contributed by atoms with Crippen LogP contribution in [0.2, 0.25) is 0 Å². The predicted octanol–water partition coefficient (Wildman–Crippen LogP) is 3.43. The topological polar surface area (TPSA) is 29.1 Å². The summed E-state index contributed by atoms with van der Waals surface area (Å²) in [6, 6.07) is 0. The van der Waals surface area contributed by atoms with Crippen LogP contribution in [0.1, 0.15) is 58.8 Å². The fraction of sp³-hybridized carbons (Fsp3) is 0.800. The van der Waals surface area contributed by atoms with Gasteiger partial charge < -0.3 is 5.32 Å². The van der Waals surface area contributed by atoms with Gasteiger partial charge in [0.1, 0.15) is 0 Å². The van der Waals surface area contributed by atoms with Crippen molar-refractivity contribution in [1.82, 2.24) is 5.32 Å². The van der Waals surface area contributed by atoms with Crippen LogP contribution in [0.4, 0.5) is 0 Å². The largest absolute Gasteiger partial charge is 0.351 e. The molecule has 0 aromatic rings. The Kier molecular flexibility index (Phi) is 3.90. The zero-order chi connectivity index (χ0) is 12.3. The first kappa shape index (κ1) is 12.7. The van der Waals surface area contributed by atoms with Gasteiger partial charge in [-0.1, -0.05) is 31.9 Å². The monoisotopic (exact) mass is 235 g/mol. The summed E-state index contributed by atoms with van der Waals surface area (Å²) in [6.07, 6.45) is 13.0. The molecule has 0 saturated heterocycles. The number of hydrogen-bond donors (Lipinski definition) is 1. The molecule has 0 spiro atoms. The lowest BCUT2D eigenvalue weighted by Gasteiger charge is -2.10. The molecule has 2 saturated carbocycles. The molecule has 0 aliphatic heterocycles. The van der Waals surface area contributed by atoms with Crippen LogP contribution in [0.5, 0.6) is 0 Å². The van der Waals surface area contributed by atoms with Gasteiger partial charge in [-0.25, -0.2) is 0 Å². The minimum absolute atomic E-state index is 0.148. The number of nitrogens with one attached hydrogen (secondary N) is 1. The van der Waals surface area contributed by atoms with E-state index in [4.69, 9.17) is 0 Å². The molecule has 2 heteroatoms. The molecule has 2 atom stereocenters. The van der Waals surface area contributed by atoms with Crippen molar-refractivity contribution in [2.45, 2.75) is 64.3 Å². The Morgan fingerprint density at radius 3 is 2.82 bits per heavy atom. The summed E-state index contributed by atoms with van der Waals surface area (Å²) < 4.78 is 0. The third-order valence-electron chi connectivity index (χ3n) is 3.96. The molecule has 0 radical (unpaired) electrons. The standard InChI is InChI=1S/C15H25NO/c1-3-4-5-6-7-8-12-11-13(12)14(17)16-15(2)9-10-15/h7-8,12-13H,3-6,9-11H2,1-2H3,(H,16,17)/b8-7-/t12-,13+/m1/s1. The van der Waals surface area contributed by atoms with Crippen LogP contribution in [0.15, 0.2) is 12.2 Å². The molecule has 2 aliphatic carbocycles. The van der Waals surface area contributed by atoms with E-state index in [1.54, 1.807) is 0 Å².